The van der Waals surface area contributed by atoms with E-state index in [2.05, 4.69) is 9.82 Å². The average Bonchev–Trinajstić information content (AvgIpc) is 2.89. The van der Waals surface area contributed by atoms with Gasteiger partial charge in [-0.2, -0.15) is 5.10 Å². The fourth-order valence-corrected chi connectivity index (χ4v) is 3.04. The Balaban J connectivity index is 2.30. The number of carbonyl (C=O) groups excluding carboxylic acids is 1. The molecule has 2 aromatic rings. The van der Waals surface area contributed by atoms with E-state index in [1.54, 1.807) is 25.2 Å². The molecule has 0 unspecified atom stereocenters. The maximum Gasteiger partial charge on any atom is 0.283 e. The molecule has 1 aromatic carbocycles. The van der Waals surface area contributed by atoms with E-state index >= 15 is 0 Å². The van der Waals surface area contributed by atoms with Crippen molar-refractivity contribution in [3.8, 4) is 5.75 Å². The van der Waals surface area contributed by atoms with Crippen LogP contribution < -0.4 is 9.46 Å². The Labute approximate surface area is 141 Å². The molecule has 0 saturated carbocycles. The molecule has 8 heteroatoms. The van der Waals surface area contributed by atoms with Crippen LogP contribution in [0.25, 0.3) is 0 Å². The molecule has 1 aromatic heterocycles. The van der Waals surface area contributed by atoms with Gasteiger partial charge < -0.3 is 4.74 Å². The molecule has 0 fully saturated rings. The molecular weight excluding hydrogens is 330 g/mol. The molecular formula is C16H21N3O4S. The van der Waals surface area contributed by atoms with E-state index in [1.165, 1.54) is 23.9 Å². The third-order valence-electron chi connectivity index (χ3n) is 3.46. The Morgan fingerprint density at radius 3 is 2.46 bits per heavy atom. The highest BCUT2D eigenvalue weighted by molar-refractivity contribution is 7.90. The quantitative estimate of drug-likeness (QED) is 0.908. The van der Waals surface area contributed by atoms with Crippen LogP contribution >= 0.6 is 0 Å². The summed E-state index contributed by atoms with van der Waals surface area (Å²) in [5.74, 6) is -0.343. The maximum absolute atomic E-state index is 12.4. The molecule has 1 heterocycles. The van der Waals surface area contributed by atoms with Crippen molar-refractivity contribution in [3.05, 3.63) is 41.7 Å². The molecule has 0 aliphatic heterocycles. The minimum Gasteiger partial charge on any atom is -0.497 e. The number of nitrogens with one attached hydrogen (secondary N) is 1. The zero-order valence-electron chi connectivity index (χ0n) is 14.3. The SMILES string of the molecule is COc1cccc(S(=O)(=O)NC(=O)c2cc(C(C)(C)C)nn2C)c1. The number of rotatable bonds is 4. The molecule has 24 heavy (non-hydrogen) atoms. The lowest BCUT2D eigenvalue weighted by atomic mass is 9.92. The van der Waals surface area contributed by atoms with Crippen LogP contribution in [0.1, 0.15) is 37.0 Å². The first-order chi connectivity index (χ1) is 11.0. The number of hydrogen-bond donors (Lipinski definition) is 1. The summed E-state index contributed by atoms with van der Waals surface area (Å²) >= 11 is 0. The minimum atomic E-state index is -4.00. The topological polar surface area (TPSA) is 90.3 Å². The molecule has 0 bridgehead atoms. The molecule has 0 saturated heterocycles. The molecule has 0 radical (unpaired) electrons. The summed E-state index contributed by atoms with van der Waals surface area (Å²) in [5, 5.41) is 4.27. The van der Waals surface area contributed by atoms with E-state index in [4.69, 9.17) is 4.74 Å². The van der Waals surface area contributed by atoms with Crippen molar-refractivity contribution in [1.82, 2.24) is 14.5 Å². The monoisotopic (exact) mass is 351 g/mol. The summed E-state index contributed by atoms with van der Waals surface area (Å²) < 4.78 is 33.2. The molecule has 1 amide bonds. The van der Waals surface area contributed by atoms with Crippen molar-refractivity contribution in [1.29, 1.82) is 0 Å². The number of ether oxygens (including phenoxy) is 1. The van der Waals surface area contributed by atoms with Crippen LogP contribution in [0.5, 0.6) is 5.75 Å². The number of sulfonamides is 1. The Bertz CT molecular complexity index is 864. The third kappa shape index (κ3) is 3.76. The van der Waals surface area contributed by atoms with Gasteiger partial charge in [0.15, 0.2) is 0 Å². The van der Waals surface area contributed by atoms with E-state index in [0.29, 0.717) is 11.4 Å². The summed E-state index contributed by atoms with van der Waals surface area (Å²) in [5.41, 5.74) is 0.627. The van der Waals surface area contributed by atoms with E-state index < -0.39 is 15.9 Å². The molecule has 1 N–H and O–H groups in total. The first-order valence-corrected chi connectivity index (χ1v) is 8.78. The van der Waals surface area contributed by atoms with Crippen LogP contribution in [0.3, 0.4) is 0 Å². The van der Waals surface area contributed by atoms with Gasteiger partial charge in [0.25, 0.3) is 15.9 Å². The largest absolute Gasteiger partial charge is 0.497 e. The van der Waals surface area contributed by atoms with Crippen LogP contribution in [-0.4, -0.2) is 31.2 Å². The Morgan fingerprint density at radius 1 is 1.25 bits per heavy atom. The number of aromatic nitrogens is 2. The second-order valence-electron chi connectivity index (χ2n) is 6.40. The van der Waals surface area contributed by atoms with E-state index in [-0.39, 0.29) is 16.0 Å². The number of benzene rings is 1. The number of nitrogens with zero attached hydrogens (tertiary/aromatic N) is 2. The normalized spacial score (nSPS) is 12.0. The molecule has 7 nitrogen and oxygen atoms in total. The highest BCUT2D eigenvalue weighted by atomic mass is 32.2. The summed E-state index contributed by atoms with van der Waals surface area (Å²) in [6, 6.07) is 7.50. The van der Waals surface area contributed by atoms with Crippen molar-refractivity contribution in [2.24, 2.45) is 7.05 Å². The fraction of sp³-hybridized carbons (Fsp3) is 0.375. The Morgan fingerprint density at radius 2 is 1.92 bits per heavy atom. The van der Waals surface area contributed by atoms with E-state index in [1.807, 2.05) is 20.8 Å². The van der Waals surface area contributed by atoms with Gasteiger partial charge in [-0.25, -0.2) is 13.1 Å². The second-order valence-corrected chi connectivity index (χ2v) is 8.08. The summed E-state index contributed by atoms with van der Waals surface area (Å²) in [6.07, 6.45) is 0. The van der Waals surface area contributed by atoms with Gasteiger partial charge in [-0.05, 0) is 18.2 Å². The van der Waals surface area contributed by atoms with E-state index in [9.17, 15) is 13.2 Å². The van der Waals surface area contributed by atoms with Gasteiger partial charge in [0.2, 0.25) is 0 Å². The lowest BCUT2D eigenvalue weighted by Gasteiger charge is -2.13. The fourth-order valence-electron chi connectivity index (χ4n) is 2.05. The van der Waals surface area contributed by atoms with Gasteiger partial charge in [-0.1, -0.05) is 26.8 Å². The zero-order chi connectivity index (χ0) is 18.1. The van der Waals surface area contributed by atoms with Crippen molar-refractivity contribution >= 4 is 15.9 Å². The first kappa shape index (κ1) is 18.0. The third-order valence-corrected chi connectivity index (χ3v) is 4.79. The minimum absolute atomic E-state index is 0.0478. The van der Waals surface area contributed by atoms with Crippen LogP contribution in [0, 0.1) is 0 Å². The Hall–Kier alpha value is -2.35. The number of carbonyl (C=O) groups is 1. The van der Waals surface area contributed by atoms with Crippen molar-refractivity contribution in [3.63, 3.8) is 0 Å². The standard InChI is InChI=1S/C16H21N3O4S/c1-16(2,3)14-10-13(19(4)17-14)15(20)18-24(21,22)12-8-6-7-11(9-12)23-5/h6-10H,1-5H3,(H,18,20). The second kappa shape index (κ2) is 6.27. The molecule has 0 atom stereocenters. The van der Waals surface area contributed by atoms with Crippen LogP contribution in [0.15, 0.2) is 35.2 Å². The summed E-state index contributed by atoms with van der Waals surface area (Å²) in [7, 11) is -0.966. The highest BCUT2D eigenvalue weighted by Crippen LogP contribution is 2.22. The molecule has 0 spiro atoms. The lowest BCUT2D eigenvalue weighted by Crippen LogP contribution is -2.31. The predicted octanol–water partition coefficient (Wildman–Crippen LogP) is 1.84. The van der Waals surface area contributed by atoms with Gasteiger partial charge in [0, 0.05) is 18.5 Å². The van der Waals surface area contributed by atoms with Crippen LogP contribution in [0.2, 0.25) is 0 Å². The van der Waals surface area contributed by atoms with Crippen molar-refractivity contribution in [2.45, 2.75) is 31.1 Å². The zero-order valence-corrected chi connectivity index (χ0v) is 15.1. The van der Waals surface area contributed by atoms with Gasteiger partial charge in [-0.15, -0.1) is 0 Å². The average molecular weight is 351 g/mol. The van der Waals surface area contributed by atoms with Gasteiger partial charge in [-0.3, -0.25) is 9.48 Å². The maximum atomic E-state index is 12.4. The van der Waals surface area contributed by atoms with E-state index in [0.717, 1.165) is 0 Å². The summed E-state index contributed by atoms with van der Waals surface area (Å²) in [6.45, 7) is 5.89. The lowest BCUT2D eigenvalue weighted by molar-refractivity contribution is 0.0972. The van der Waals surface area contributed by atoms with Gasteiger partial charge >= 0.3 is 0 Å². The molecule has 0 aliphatic carbocycles. The van der Waals surface area contributed by atoms with Gasteiger partial charge in [0.05, 0.1) is 17.7 Å². The number of aryl methyl sites for hydroxylation is 1. The Kier molecular flexibility index (Phi) is 4.70. The highest BCUT2D eigenvalue weighted by Gasteiger charge is 2.25. The van der Waals surface area contributed by atoms with Crippen molar-refractivity contribution < 1.29 is 17.9 Å². The smallest absolute Gasteiger partial charge is 0.283 e. The van der Waals surface area contributed by atoms with Crippen LogP contribution in [-0.2, 0) is 22.5 Å². The predicted molar refractivity (Wildman–Crippen MR) is 89.6 cm³/mol. The van der Waals surface area contributed by atoms with Gasteiger partial charge in [0.1, 0.15) is 11.4 Å². The first-order valence-electron chi connectivity index (χ1n) is 7.30. The summed E-state index contributed by atoms with van der Waals surface area (Å²) in [4.78, 5) is 12.3. The molecule has 130 valence electrons. The number of methoxy groups -OCH3 is 1. The molecule has 0 aliphatic rings. The number of amides is 1. The number of hydrogen-bond acceptors (Lipinski definition) is 5. The molecule has 2 rings (SSSR count). The van der Waals surface area contributed by atoms with Crippen molar-refractivity contribution in [2.75, 3.05) is 7.11 Å². The van der Waals surface area contributed by atoms with Crippen LogP contribution in [0.4, 0.5) is 0 Å².